The first-order valence-electron chi connectivity index (χ1n) is 5.69. The van der Waals surface area contributed by atoms with E-state index in [0.717, 1.165) is 37.1 Å². The molecule has 2 N–H and O–H groups in total. The fourth-order valence-corrected chi connectivity index (χ4v) is 2.45. The number of hydrogen-bond acceptors (Lipinski definition) is 2. The van der Waals surface area contributed by atoms with E-state index in [0.29, 0.717) is 11.3 Å². The Bertz CT molecular complexity index is 500. The van der Waals surface area contributed by atoms with Crippen LogP contribution in [0.4, 0.5) is 4.39 Å². The highest BCUT2D eigenvalue weighted by Crippen LogP contribution is 2.30. The van der Waals surface area contributed by atoms with Crippen molar-refractivity contribution in [1.29, 1.82) is 0 Å². The molecule has 0 atom stereocenters. The summed E-state index contributed by atoms with van der Waals surface area (Å²) in [4.78, 5) is 0. The molecule has 1 aliphatic rings. The van der Waals surface area contributed by atoms with Crippen LogP contribution in [0.2, 0.25) is 0 Å². The van der Waals surface area contributed by atoms with Gasteiger partial charge in [-0.1, -0.05) is 6.07 Å². The number of benzene rings is 1. The Labute approximate surface area is 93.0 Å². The van der Waals surface area contributed by atoms with Gasteiger partial charge in [0.25, 0.3) is 0 Å². The van der Waals surface area contributed by atoms with Crippen LogP contribution in [0.3, 0.4) is 0 Å². The topological polar surface area (TPSA) is 40.7 Å². The van der Waals surface area contributed by atoms with Gasteiger partial charge in [0.05, 0.1) is 10.9 Å². The van der Waals surface area contributed by atoms with Crippen LogP contribution >= 0.6 is 0 Å². The molecule has 16 heavy (non-hydrogen) atoms. The molecule has 0 radical (unpaired) electrons. The third-order valence-electron chi connectivity index (χ3n) is 3.31. The Morgan fingerprint density at radius 3 is 2.88 bits per heavy atom. The Kier molecular flexibility index (Phi) is 2.36. The minimum Gasteiger partial charge on any atom is -0.317 e. The van der Waals surface area contributed by atoms with Crippen LogP contribution in [0, 0.1) is 5.82 Å². The van der Waals surface area contributed by atoms with Crippen molar-refractivity contribution >= 4 is 10.9 Å². The molecule has 1 saturated heterocycles. The van der Waals surface area contributed by atoms with E-state index in [2.05, 4.69) is 15.5 Å². The Hall–Kier alpha value is -1.42. The number of H-pyrrole nitrogens is 1. The summed E-state index contributed by atoms with van der Waals surface area (Å²) in [5.74, 6) is 0.239. The molecule has 2 heterocycles. The number of nitrogens with zero attached hydrogens (tertiary/aromatic N) is 1. The highest BCUT2D eigenvalue weighted by Gasteiger charge is 2.21. The van der Waals surface area contributed by atoms with Gasteiger partial charge in [-0.2, -0.15) is 5.10 Å². The zero-order valence-electron chi connectivity index (χ0n) is 8.96. The lowest BCUT2D eigenvalue weighted by Crippen LogP contribution is -2.26. The van der Waals surface area contributed by atoms with Crippen molar-refractivity contribution in [3.8, 4) is 0 Å². The summed E-state index contributed by atoms with van der Waals surface area (Å²) in [7, 11) is 0. The molecule has 4 heteroatoms. The molecule has 0 unspecified atom stereocenters. The van der Waals surface area contributed by atoms with Gasteiger partial charge in [0.2, 0.25) is 0 Å². The standard InChI is InChI=1S/C12H14FN3/c13-9-2-1-3-10-11(9)12(16-15-10)8-4-6-14-7-5-8/h1-3,8,14H,4-7H2,(H,15,16). The van der Waals surface area contributed by atoms with E-state index in [4.69, 9.17) is 0 Å². The maximum absolute atomic E-state index is 13.8. The normalized spacial score (nSPS) is 18.1. The summed E-state index contributed by atoms with van der Waals surface area (Å²) in [6.45, 7) is 2.00. The molecule has 0 saturated carbocycles. The molecule has 3 nitrogen and oxygen atoms in total. The molecule has 3 rings (SSSR count). The molecule has 1 aliphatic heterocycles. The van der Waals surface area contributed by atoms with E-state index in [-0.39, 0.29) is 5.82 Å². The maximum Gasteiger partial charge on any atom is 0.134 e. The van der Waals surface area contributed by atoms with Crippen LogP contribution in [0.1, 0.15) is 24.5 Å². The van der Waals surface area contributed by atoms with Crippen molar-refractivity contribution in [2.24, 2.45) is 0 Å². The van der Waals surface area contributed by atoms with Crippen LogP contribution in [-0.4, -0.2) is 23.3 Å². The van der Waals surface area contributed by atoms with Crippen LogP contribution in [-0.2, 0) is 0 Å². The minimum atomic E-state index is -0.167. The van der Waals surface area contributed by atoms with Gasteiger partial charge < -0.3 is 5.32 Å². The highest BCUT2D eigenvalue weighted by molar-refractivity contribution is 5.82. The van der Waals surface area contributed by atoms with Gasteiger partial charge in [-0.05, 0) is 38.1 Å². The lowest BCUT2D eigenvalue weighted by atomic mass is 9.92. The van der Waals surface area contributed by atoms with Crippen molar-refractivity contribution in [2.75, 3.05) is 13.1 Å². The SMILES string of the molecule is Fc1cccc2n[nH]c(C3CCNCC3)c12. The van der Waals surface area contributed by atoms with E-state index in [1.54, 1.807) is 6.07 Å². The molecule has 1 aromatic carbocycles. The van der Waals surface area contributed by atoms with Crippen LogP contribution in [0.5, 0.6) is 0 Å². The first kappa shape index (κ1) is 9.78. The number of nitrogens with one attached hydrogen (secondary N) is 2. The number of halogens is 1. The molecule has 1 aromatic heterocycles. The quantitative estimate of drug-likeness (QED) is 0.771. The first-order valence-corrected chi connectivity index (χ1v) is 5.69. The van der Waals surface area contributed by atoms with Crippen LogP contribution < -0.4 is 5.32 Å². The third-order valence-corrected chi connectivity index (χ3v) is 3.31. The van der Waals surface area contributed by atoms with E-state index in [1.165, 1.54) is 6.07 Å². The summed E-state index contributed by atoms with van der Waals surface area (Å²) < 4.78 is 13.8. The maximum atomic E-state index is 13.8. The van der Waals surface area contributed by atoms with Crippen LogP contribution in [0.25, 0.3) is 10.9 Å². The highest BCUT2D eigenvalue weighted by atomic mass is 19.1. The number of piperidine rings is 1. The summed E-state index contributed by atoms with van der Waals surface area (Å²) in [6.07, 6.45) is 2.09. The average Bonchev–Trinajstić information content (AvgIpc) is 2.75. The fraction of sp³-hybridized carbons (Fsp3) is 0.417. The molecule has 0 bridgehead atoms. The summed E-state index contributed by atoms with van der Waals surface area (Å²) in [6, 6.07) is 5.05. The Balaban J connectivity index is 2.09. The number of fused-ring (bicyclic) bond motifs is 1. The second-order valence-corrected chi connectivity index (χ2v) is 4.30. The van der Waals surface area contributed by atoms with Crippen LogP contribution in [0.15, 0.2) is 18.2 Å². The lowest BCUT2D eigenvalue weighted by molar-refractivity contribution is 0.454. The van der Waals surface area contributed by atoms with Crippen molar-refractivity contribution in [3.05, 3.63) is 29.7 Å². The van der Waals surface area contributed by atoms with E-state index in [9.17, 15) is 4.39 Å². The Morgan fingerprint density at radius 2 is 2.06 bits per heavy atom. The van der Waals surface area contributed by atoms with Gasteiger partial charge in [0.1, 0.15) is 5.82 Å². The number of aromatic nitrogens is 2. The van der Waals surface area contributed by atoms with Gasteiger partial charge in [-0.25, -0.2) is 4.39 Å². The second-order valence-electron chi connectivity index (χ2n) is 4.30. The third kappa shape index (κ3) is 1.50. The fourth-order valence-electron chi connectivity index (χ4n) is 2.45. The predicted molar refractivity (Wildman–Crippen MR) is 60.9 cm³/mol. The molecule has 2 aromatic rings. The summed E-state index contributed by atoms with van der Waals surface area (Å²) in [5, 5.41) is 11.2. The number of aromatic amines is 1. The largest absolute Gasteiger partial charge is 0.317 e. The second kappa shape index (κ2) is 3.87. The zero-order chi connectivity index (χ0) is 11.0. The minimum absolute atomic E-state index is 0.167. The molecule has 1 fully saturated rings. The van der Waals surface area contributed by atoms with E-state index < -0.39 is 0 Å². The average molecular weight is 219 g/mol. The molecule has 84 valence electrons. The van der Waals surface area contributed by atoms with E-state index >= 15 is 0 Å². The van der Waals surface area contributed by atoms with Crippen molar-refractivity contribution in [2.45, 2.75) is 18.8 Å². The van der Waals surface area contributed by atoms with Gasteiger partial charge in [0.15, 0.2) is 0 Å². The van der Waals surface area contributed by atoms with Crippen molar-refractivity contribution < 1.29 is 4.39 Å². The van der Waals surface area contributed by atoms with E-state index in [1.807, 2.05) is 6.07 Å². The number of rotatable bonds is 1. The van der Waals surface area contributed by atoms with Gasteiger partial charge in [-0.3, -0.25) is 5.10 Å². The smallest absolute Gasteiger partial charge is 0.134 e. The van der Waals surface area contributed by atoms with Crippen molar-refractivity contribution in [3.63, 3.8) is 0 Å². The molecular weight excluding hydrogens is 205 g/mol. The molecule has 0 aliphatic carbocycles. The predicted octanol–water partition coefficient (Wildman–Crippen LogP) is 2.17. The summed E-state index contributed by atoms with van der Waals surface area (Å²) in [5.41, 5.74) is 1.70. The van der Waals surface area contributed by atoms with Gasteiger partial charge in [0, 0.05) is 11.6 Å². The van der Waals surface area contributed by atoms with Crippen molar-refractivity contribution in [1.82, 2.24) is 15.5 Å². The lowest BCUT2D eigenvalue weighted by Gasteiger charge is -2.21. The Morgan fingerprint density at radius 1 is 1.25 bits per heavy atom. The van der Waals surface area contributed by atoms with Gasteiger partial charge >= 0.3 is 0 Å². The zero-order valence-corrected chi connectivity index (χ0v) is 8.96. The first-order chi connectivity index (χ1) is 7.86. The number of hydrogen-bond donors (Lipinski definition) is 2. The molecule has 0 spiro atoms. The van der Waals surface area contributed by atoms with Gasteiger partial charge in [-0.15, -0.1) is 0 Å². The monoisotopic (exact) mass is 219 g/mol. The molecular formula is C12H14FN3. The summed E-state index contributed by atoms with van der Waals surface area (Å²) >= 11 is 0. The molecule has 0 amide bonds.